The Kier molecular flexibility index (Phi) is 7.61. The first-order chi connectivity index (χ1) is 13.0. The van der Waals surface area contributed by atoms with Gasteiger partial charge in [0.25, 0.3) is 5.91 Å². The number of benzene rings is 2. The third kappa shape index (κ3) is 5.20. The number of carbonyl (C=O) groups excluding carboxylic acids is 1. The van der Waals surface area contributed by atoms with Crippen LogP contribution in [-0.2, 0) is 11.3 Å². The number of halogens is 1. The van der Waals surface area contributed by atoms with E-state index in [1.807, 2.05) is 13.0 Å². The Labute approximate surface area is 164 Å². The molecule has 0 aliphatic heterocycles. The number of methoxy groups -OCH3 is 3. The van der Waals surface area contributed by atoms with Gasteiger partial charge in [0.1, 0.15) is 5.75 Å². The summed E-state index contributed by atoms with van der Waals surface area (Å²) in [6, 6.07) is 10.5. The van der Waals surface area contributed by atoms with Crippen molar-refractivity contribution in [2.75, 3.05) is 21.3 Å². The van der Waals surface area contributed by atoms with Crippen LogP contribution in [0.15, 0.2) is 36.4 Å². The van der Waals surface area contributed by atoms with E-state index in [1.54, 1.807) is 44.6 Å². The second kappa shape index (κ2) is 9.92. The van der Waals surface area contributed by atoms with Gasteiger partial charge < -0.3 is 24.3 Å². The van der Waals surface area contributed by atoms with Crippen molar-refractivity contribution in [2.24, 2.45) is 0 Å². The van der Waals surface area contributed by atoms with Gasteiger partial charge in [-0.3, -0.25) is 4.79 Å². The number of nitrogens with one attached hydrogen (secondary N) is 1. The summed E-state index contributed by atoms with van der Waals surface area (Å²) in [5.41, 5.74) is 0.768. The van der Waals surface area contributed by atoms with Gasteiger partial charge in [-0.05, 0) is 42.8 Å². The summed E-state index contributed by atoms with van der Waals surface area (Å²) < 4.78 is 21.8. The van der Waals surface area contributed by atoms with Crippen LogP contribution in [0.1, 0.15) is 18.9 Å². The standard InChI is InChI=1S/C20H24ClNO5/c1-5-16(27-15-9-7-14(21)8-10-15)20(23)22-12-13-6-11-17(24-2)19(26-4)18(13)25-3/h6-11,16H,5,12H2,1-4H3,(H,22,23). The highest BCUT2D eigenvalue weighted by molar-refractivity contribution is 6.30. The third-order valence-corrected chi connectivity index (χ3v) is 4.25. The zero-order chi connectivity index (χ0) is 19.8. The lowest BCUT2D eigenvalue weighted by Crippen LogP contribution is -2.37. The molecule has 7 heteroatoms. The number of amides is 1. The number of carbonyl (C=O) groups is 1. The van der Waals surface area contributed by atoms with Crippen molar-refractivity contribution in [1.82, 2.24) is 5.32 Å². The van der Waals surface area contributed by atoms with Crippen LogP contribution in [0.4, 0.5) is 0 Å². The largest absolute Gasteiger partial charge is 0.493 e. The Morgan fingerprint density at radius 1 is 1.00 bits per heavy atom. The summed E-state index contributed by atoms with van der Waals surface area (Å²) in [4.78, 5) is 12.5. The van der Waals surface area contributed by atoms with E-state index in [-0.39, 0.29) is 12.5 Å². The molecule has 2 rings (SSSR count). The zero-order valence-corrected chi connectivity index (χ0v) is 16.6. The lowest BCUT2D eigenvalue weighted by Gasteiger charge is -2.19. The minimum atomic E-state index is -0.614. The van der Waals surface area contributed by atoms with Gasteiger partial charge in [0.2, 0.25) is 5.75 Å². The van der Waals surface area contributed by atoms with Gasteiger partial charge in [0.05, 0.1) is 21.3 Å². The summed E-state index contributed by atoms with van der Waals surface area (Å²) >= 11 is 5.87. The maximum Gasteiger partial charge on any atom is 0.261 e. The lowest BCUT2D eigenvalue weighted by molar-refractivity contribution is -0.128. The van der Waals surface area contributed by atoms with E-state index in [2.05, 4.69) is 5.32 Å². The van der Waals surface area contributed by atoms with Crippen molar-refractivity contribution < 1.29 is 23.7 Å². The normalized spacial score (nSPS) is 11.4. The lowest BCUT2D eigenvalue weighted by atomic mass is 10.1. The van der Waals surface area contributed by atoms with Crippen molar-refractivity contribution >= 4 is 17.5 Å². The Balaban J connectivity index is 2.08. The molecule has 2 aromatic rings. The fraction of sp³-hybridized carbons (Fsp3) is 0.350. The van der Waals surface area contributed by atoms with Crippen LogP contribution in [0.25, 0.3) is 0 Å². The van der Waals surface area contributed by atoms with Crippen molar-refractivity contribution in [3.05, 3.63) is 47.0 Å². The smallest absolute Gasteiger partial charge is 0.261 e. The number of rotatable bonds is 9. The van der Waals surface area contributed by atoms with E-state index in [0.29, 0.717) is 34.4 Å². The predicted molar refractivity (Wildman–Crippen MR) is 104 cm³/mol. The number of hydrogen-bond acceptors (Lipinski definition) is 5. The van der Waals surface area contributed by atoms with Crippen molar-refractivity contribution in [3.8, 4) is 23.0 Å². The molecule has 146 valence electrons. The predicted octanol–water partition coefficient (Wildman–Crippen LogP) is 3.84. The van der Waals surface area contributed by atoms with Crippen LogP contribution < -0.4 is 24.3 Å². The van der Waals surface area contributed by atoms with Crippen molar-refractivity contribution in [2.45, 2.75) is 26.0 Å². The summed E-state index contributed by atoms with van der Waals surface area (Å²) in [5, 5.41) is 3.49. The Bertz CT molecular complexity index is 764. The van der Waals surface area contributed by atoms with Gasteiger partial charge in [-0.25, -0.2) is 0 Å². The molecule has 0 aliphatic rings. The molecule has 0 fully saturated rings. The molecule has 6 nitrogen and oxygen atoms in total. The molecule has 27 heavy (non-hydrogen) atoms. The van der Waals surface area contributed by atoms with Crippen LogP contribution in [0, 0.1) is 0 Å². The van der Waals surface area contributed by atoms with Crippen LogP contribution >= 0.6 is 11.6 Å². The number of hydrogen-bond donors (Lipinski definition) is 1. The maximum absolute atomic E-state index is 12.5. The SMILES string of the molecule is CCC(Oc1ccc(Cl)cc1)C(=O)NCc1ccc(OC)c(OC)c1OC. The maximum atomic E-state index is 12.5. The third-order valence-electron chi connectivity index (χ3n) is 3.99. The van der Waals surface area contributed by atoms with Crippen LogP contribution in [-0.4, -0.2) is 33.3 Å². The molecule has 0 saturated carbocycles. The van der Waals surface area contributed by atoms with E-state index in [9.17, 15) is 4.79 Å². The molecular weight excluding hydrogens is 370 g/mol. The van der Waals surface area contributed by atoms with E-state index < -0.39 is 6.10 Å². The summed E-state index contributed by atoms with van der Waals surface area (Å²) in [7, 11) is 4.63. The first-order valence-corrected chi connectivity index (χ1v) is 8.89. The first kappa shape index (κ1) is 20.7. The molecular formula is C20H24ClNO5. The van der Waals surface area contributed by atoms with Crippen molar-refractivity contribution in [3.63, 3.8) is 0 Å². The topological polar surface area (TPSA) is 66.0 Å². The molecule has 0 aromatic heterocycles. The van der Waals surface area contributed by atoms with Gasteiger partial charge in [-0.1, -0.05) is 18.5 Å². The van der Waals surface area contributed by atoms with E-state index >= 15 is 0 Å². The average Bonchev–Trinajstić information content (AvgIpc) is 2.70. The molecule has 0 heterocycles. The minimum Gasteiger partial charge on any atom is -0.493 e. The molecule has 1 unspecified atom stereocenters. The van der Waals surface area contributed by atoms with Crippen molar-refractivity contribution in [1.29, 1.82) is 0 Å². The highest BCUT2D eigenvalue weighted by Crippen LogP contribution is 2.39. The average molecular weight is 394 g/mol. The van der Waals surface area contributed by atoms with E-state index in [0.717, 1.165) is 5.56 Å². The zero-order valence-electron chi connectivity index (χ0n) is 15.9. The molecule has 0 saturated heterocycles. The summed E-state index contributed by atoms with van der Waals surface area (Å²) in [6.07, 6.45) is -0.0883. The molecule has 1 amide bonds. The quantitative estimate of drug-likeness (QED) is 0.701. The van der Waals surface area contributed by atoms with E-state index in [4.69, 9.17) is 30.5 Å². The molecule has 0 aliphatic carbocycles. The molecule has 0 bridgehead atoms. The van der Waals surface area contributed by atoms with Gasteiger partial charge in [0.15, 0.2) is 17.6 Å². The van der Waals surface area contributed by atoms with Gasteiger partial charge in [-0.2, -0.15) is 0 Å². The van der Waals surface area contributed by atoms with Crippen LogP contribution in [0.5, 0.6) is 23.0 Å². The van der Waals surface area contributed by atoms with E-state index in [1.165, 1.54) is 7.11 Å². The molecule has 2 aromatic carbocycles. The van der Waals surface area contributed by atoms with Gasteiger partial charge in [-0.15, -0.1) is 0 Å². The fourth-order valence-corrected chi connectivity index (χ4v) is 2.72. The monoisotopic (exact) mass is 393 g/mol. The van der Waals surface area contributed by atoms with Crippen LogP contribution in [0.2, 0.25) is 5.02 Å². The molecule has 1 atom stereocenters. The van der Waals surface area contributed by atoms with Gasteiger partial charge >= 0.3 is 0 Å². The Hall–Kier alpha value is -2.60. The fourth-order valence-electron chi connectivity index (χ4n) is 2.60. The summed E-state index contributed by atoms with van der Waals surface area (Å²) in [5.74, 6) is 1.93. The van der Waals surface area contributed by atoms with Gasteiger partial charge in [0, 0.05) is 17.1 Å². The first-order valence-electron chi connectivity index (χ1n) is 8.51. The highest BCUT2D eigenvalue weighted by atomic mass is 35.5. The molecule has 1 N–H and O–H groups in total. The summed E-state index contributed by atoms with van der Waals surface area (Å²) in [6.45, 7) is 2.15. The second-order valence-electron chi connectivity index (χ2n) is 5.68. The molecule has 0 radical (unpaired) electrons. The number of ether oxygens (including phenoxy) is 4. The Morgan fingerprint density at radius 3 is 2.22 bits per heavy atom. The minimum absolute atomic E-state index is 0.218. The Morgan fingerprint density at radius 2 is 1.67 bits per heavy atom. The second-order valence-corrected chi connectivity index (χ2v) is 6.12. The molecule has 0 spiro atoms. The highest BCUT2D eigenvalue weighted by Gasteiger charge is 2.20. The van der Waals surface area contributed by atoms with Crippen LogP contribution in [0.3, 0.4) is 0 Å².